The number of halogens is 2. The van der Waals surface area contributed by atoms with Gasteiger partial charge in [-0.2, -0.15) is 0 Å². The molecular formula is C19H19ClFNO5. The SMILES string of the molecule is COc1cccc(C(C)(CC(=O)O)NC(=O)COc2ccc(F)cc2Cl)c1. The molecule has 0 aliphatic rings. The van der Waals surface area contributed by atoms with Crippen molar-refractivity contribution in [2.45, 2.75) is 18.9 Å². The second kappa shape index (κ2) is 8.73. The fourth-order valence-electron chi connectivity index (χ4n) is 2.57. The summed E-state index contributed by atoms with van der Waals surface area (Å²) in [5.74, 6) is -1.48. The Bertz CT molecular complexity index is 845. The quantitative estimate of drug-likeness (QED) is 0.715. The van der Waals surface area contributed by atoms with Crippen molar-refractivity contribution in [2.24, 2.45) is 0 Å². The molecule has 1 atom stereocenters. The molecule has 0 heterocycles. The smallest absolute Gasteiger partial charge is 0.306 e. The van der Waals surface area contributed by atoms with E-state index in [4.69, 9.17) is 21.1 Å². The molecule has 0 spiro atoms. The maximum Gasteiger partial charge on any atom is 0.306 e. The number of carbonyl (C=O) groups excluding carboxylic acids is 1. The monoisotopic (exact) mass is 395 g/mol. The lowest BCUT2D eigenvalue weighted by atomic mass is 9.88. The van der Waals surface area contributed by atoms with E-state index in [9.17, 15) is 19.1 Å². The summed E-state index contributed by atoms with van der Waals surface area (Å²) in [4.78, 5) is 23.7. The average molecular weight is 396 g/mol. The zero-order valence-electron chi connectivity index (χ0n) is 14.8. The van der Waals surface area contributed by atoms with E-state index in [0.29, 0.717) is 11.3 Å². The molecule has 1 amide bonds. The van der Waals surface area contributed by atoms with Crippen LogP contribution >= 0.6 is 11.6 Å². The van der Waals surface area contributed by atoms with Crippen LogP contribution in [0.5, 0.6) is 11.5 Å². The van der Waals surface area contributed by atoms with Crippen LogP contribution in [-0.4, -0.2) is 30.7 Å². The molecule has 2 aromatic rings. The van der Waals surface area contributed by atoms with Crippen molar-refractivity contribution in [3.05, 3.63) is 58.9 Å². The van der Waals surface area contributed by atoms with E-state index < -0.39 is 29.8 Å². The minimum atomic E-state index is -1.19. The van der Waals surface area contributed by atoms with Gasteiger partial charge in [0.2, 0.25) is 0 Å². The Morgan fingerprint density at radius 1 is 1.26 bits per heavy atom. The second-order valence-electron chi connectivity index (χ2n) is 6.05. The first-order valence-corrected chi connectivity index (χ1v) is 8.36. The van der Waals surface area contributed by atoms with Gasteiger partial charge in [-0.05, 0) is 42.8 Å². The summed E-state index contributed by atoms with van der Waals surface area (Å²) in [7, 11) is 1.49. The molecule has 2 N–H and O–H groups in total. The van der Waals surface area contributed by atoms with Gasteiger partial charge < -0.3 is 19.9 Å². The summed E-state index contributed by atoms with van der Waals surface area (Å²) >= 11 is 5.86. The van der Waals surface area contributed by atoms with E-state index in [-0.39, 0.29) is 17.2 Å². The number of rotatable bonds is 8. The molecule has 0 aliphatic carbocycles. The van der Waals surface area contributed by atoms with Gasteiger partial charge >= 0.3 is 5.97 Å². The Morgan fingerprint density at radius 3 is 2.63 bits per heavy atom. The minimum absolute atomic E-state index is 0.0314. The van der Waals surface area contributed by atoms with Crippen LogP contribution in [0.1, 0.15) is 18.9 Å². The van der Waals surface area contributed by atoms with Crippen LogP contribution in [0.25, 0.3) is 0 Å². The van der Waals surface area contributed by atoms with Crippen molar-refractivity contribution in [3.8, 4) is 11.5 Å². The molecule has 2 aromatic carbocycles. The standard InChI is InChI=1S/C19H19ClFNO5/c1-19(10-18(24)25,12-4-3-5-14(8-12)26-2)22-17(23)11-27-16-7-6-13(21)9-15(16)20/h3-9H,10-11H2,1-2H3,(H,22,23)(H,24,25). The molecule has 1 unspecified atom stereocenters. The lowest BCUT2D eigenvalue weighted by molar-refractivity contribution is -0.139. The van der Waals surface area contributed by atoms with E-state index in [1.807, 2.05) is 0 Å². The molecule has 0 aromatic heterocycles. The molecule has 6 nitrogen and oxygen atoms in total. The average Bonchev–Trinajstić information content (AvgIpc) is 2.60. The van der Waals surface area contributed by atoms with Crippen LogP contribution in [0, 0.1) is 5.82 Å². The molecule has 27 heavy (non-hydrogen) atoms. The van der Waals surface area contributed by atoms with E-state index in [2.05, 4.69) is 5.32 Å². The zero-order chi connectivity index (χ0) is 20.0. The summed E-state index contributed by atoms with van der Waals surface area (Å²) in [5.41, 5.74) is -0.620. The highest BCUT2D eigenvalue weighted by atomic mass is 35.5. The Morgan fingerprint density at radius 2 is 2.00 bits per heavy atom. The predicted molar refractivity (Wildman–Crippen MR) is 97.6 cm³/mol. The molecule has 0 saturated heterocycles. The summed E-state index contributed by atoms with van der Waals surface area (Å²) in [6.07, 6.45) is -0.344. The van der Waals surface area contributed by atoms with Gasteiger partial charge in [-0.1, -0.05) is 23.7 Å². The number of methoxy groups -OCH3 is 1. The van der Waals surface area contributed by atoms with E-state index in [0.717, 1.165) is 12.1 Å². The van der Waals surface area contributed by atoms with Crippen LogP contribution < -0.4 is 14.8 Å². The van der Waals surface area contributed by atoms with Crippen molar-refractivity contribution in [1.82, 2.24) is 5.32 Å². The Balaban J connectivity index is 2.14. The number of nitrogens with one attached hydrogen (secondary N) is 1. The summed E-state index contributed by atoms with van der Waals surface area (Å²) < 4.78 is 23.5. The first kappa shape index (κ1) is 20.5. The van der Waals surface area contributed by atoms with Crippen LogP contribution in [0.3, 0.4) is 0 Å². The van der Waals surface area contributed by atoms with Crippen molar-refractivity contribution < 1.29 is 28.6 Å². The number of amides is 1. The summed E-state index contributed by atoms with van der Waals surface area (Å²) in [6.45, 7) is 1.18. The maximum atomic E-state index is 13.1. The van der Waals surface area contributed by atoms with Crippen LogP contribution in [0.2, 0.25) is 5.02 Å². The third-order valence-electron chi connectivity index (χ3n) is 3.88. The number of hydrogen-bond donors (Lipinski definition) is 2. The van der Waals surface area contributed by atoms with E-state index in [1.165, 1.54) is 13.2 Å². The van der Waals surface area contributed by atoms with Crippen LogP contribution in [-0.2, 0) is 15.1 Å². The van der Waals surface area contributed by atoms with Gasteiger partial charge in [0.15, 0.2) is 6.61 Å². The van der Waals surface area contributed by atoms with Gasteiger partial charge in [-0.25, -0.2) is 4.39 Å². The first-order chi connectivity index (χ1) is 12.7. The van der Waals surface area contributed by atoms with E-state index in [1.54, 1.807) is 31.2 Å². The molecule has 0 saturated carbocycles. The van der Waals surface area contributed by atoms with E-state index >= 15 is 0 Å². The normalized spacial score (nSPS) is 12.7. The number of ether oxygens (including phenoxy) is 2. The highest BCUT2D eigenvalue weighted by Crippen LogP contribution is 2.28. The van der Waals surface area contributed by atoms with Gasteiger partial charge in [0.25, 0.3) is 5.91 Å². The first-order valence-electron chi connectivity index (χ1n) is 7.99. The fraction of sp³-hybridized carbons (Fsp3) is 0.263. The van der Waals surface area contributed by atoms with Gasteiger partial charge in [0.05, 0.1) is 24.1 Å². The molecule has 8 heteroatoms. The maximum absolute atomic E-state index is 13.1. The number of aliphatic carboxylic acids is 1. The summed E-state index contributed by atoms with van der Waals surface area (Å²) in [5, 5.41) is 12.0. The van der Waals surface area contributed by atoms with Crippen LogP contribution in [0.4, 0.5) is 4.39 Å². The number of benzene rings is 2. The van der Waals surface area contributed by atoms with Gasteiger partial charge in [-0.15, -0.1) is 0 Å². The molecule has 144 valence electrons. The molecule has 0 radical (unpaired) electrons. The third kappa shape index (κ3) is 5.59. The number of carboxylic acid groups (broad SMARTS) is 1. The number of carbonyl (C=O) groups is 2. The van der Waals surface area contributed by atoms with Crippen LogP contribution in [0.15, 0.2) is 42.5 Å². The largest absolute Gasteiger partial charge is 0.497 e. The minimum Gasteiger partial charge on any atom is -0.497 e. The molecule has 0 bridgehead atoms. The van der Waals surface area contributed by atoms with Crippen molar-refractivity contribution >= 4 is 23.5 Å². The lowest BCUT2D eigenvalue weighted by Crippen LogP contribution is -2.46. The third-order valence-corrected chi connectivity index (χ3v) is 4.18. The molecular weight excluding hydrogens is 377 g/mol. The number of hydrogen-bond acceptors (Lipinski definition) is 4. The topological polar surface area (TPSA) is 84.9 Å². The second-order valence-corrected chi connectivity index (χ2v) is 6.45. The lowest BCUT2D eigenvalue weighted by Gasteiger charge is -2.30. The van der Waals surface area contributed by atoms with Crippen molar-refractivity contribution in [1.29, 1.82) is 0 Å². The number of carboxylic acids is 1. The highest BCUT2D eigenvalue weighted by Gasteiger charge is 2.32. The van der Waals surface area contributed by atoms with Gasteiger partial charge in [0, 0.05) is 0 Å². The van der Waals surface area contributed by atoms with Crippen molar-refractivity contribution in [3.63, 3.8) is 0 Å². The van der Waals surface area contributed by atoms with Crippen molar-refractivity contribution in [2.75, 3.05) is 13.7 Å². The molecule has 0 fully saturated rings. The zero-order valence-corrected chi connectivity index (χ0v) is 15.5. The Labute approximate surface area is 160 Å². The Hall–Kier alpha value is -2.80. The summed E-state index contributed by atoms with van der Waals surface area (Å²) in [6, 6.07) is 10.3. The fourth-order valence-corrected chi connectivity index (χ4v) is 2.79. The predicted octanol–water partition coefficient (Wildman–Crippen LogP) is 3.37. The highest BCUT2D eigenvalue weighted by molar-refractivity contribution is 6.32. The van der Waals surface area contributed by atoms with Gasteiger partial charge in [0.1, 0.15) is 17.3 Å². The molecule has 2 rings (SSSR count). The Kier molecular flexibility index (Phi) is 6.63. The van der Waals surface area contributed by atoms with Gasteiger partial charge in [-0.3, -0.25) is 9.59 Å². The molecule has 0 aliphatic heterocycles.